The van der Waals surface area contributed by atoms with E-state index in [2.05, 4.69) is 19.6 Å². The van der Waals surface area contributed by atoms with E-state index in [1.165, 1.54) is 0 Å². The molecule has 1 heterocycles. The maximum absolute atomic E-state index is 12.8. The molecule has 0 saturated heterocycles. The van der Waals surface area contributed by atoms with Crippen molar-refractivity contribution < 1.29 is 14.3 Å². The Morgan fingerprint density at radius 2 is 1.96 bits per heavy atom. The standard InChI is InChI=1S/C20H21NO3S/c1-2-6-20(25)21(16-7-4-3-5-8-16)19(22)12-10-15-9-11-17-18(13-15)24-14-23-17/h3-5,7-13,20,25H,2,6,14H2,1H3/b12-10+. The van der Waals surface area contributed by atoms with Crippen molar-refractivity contribution in [2.75, 3.05) is 11.7 Å². The van der Waals surface area contributed by atoms with Crippen LogP contribution in [0.5, 0.6) is 11.5 Å². The largest absolute Gasteiger partial charge is 0.454 e. The lowest BCUT2D eigenvalue weighted by Crippen LogP contribution is -2.36. The first-order chi connectivity index (χ1) is 12.2. The maximum atomic E-state index is 12.8. The van der Waals surface area contributed by atoms with Crippen molar-refractivity contribution in [3.8, 4) is 11.5 Å². The minimum atomic E-state index is -0.165. The molecule has 1 aliphatic rings. The summed E-state index contributed by atoms with van der Waals surface area (Å²) in [7, 11) is 0. The fourth-order valence-electron chi connectivity index (χ4n) is 2.69. The lowest BCUT2D eigenvalue weighted by molar-refractivity contribution is -0.114. The van der Waals surface area contributed by atoms with Gasteiger partial charge in [0.2, 0.25) is 6.79 Å². The van der Waals surface area contributed by atoms with Crippen LogP contribution in [0.15, 0.2) is 54.6 Å². The van der Waals surface area contributed by atoms with Crippen LogP contribution < -0.4 is 14.4 Å². The molecule has 0 saturated carbocycles. The van der Waals surface area contributed by atoms with Crippen LogP contribution in [0.4, 0.5) is 5.69 Å². The smallest absolute Gasteiger partial charge is 0.251 e. The monoisotopic (exact) mass is 355 g/mol. The van der Waals surface area contributed by atoms with Crippen LogP contribution in [0.2, 0.25) is 0 Å². The summed E-state index contributed by atoms with van der Waals surface area (Å²) in [6.45, 7) is 2.32. The fourth-order valence-corrected chi connectivity index (χ4v) is 3.19. The van der Waals surface area contributed by atoms with Crippen LogP contribution in [0, 0.1) is 0 Å². The molecule has 4 nitrogen and oxygen atoms in total. The number of para-hydroxylation sites is 1. The molecule has 0 fully saturated rings. The summed E-state index contributed by atoms with van der Waals surface area (Å²) in [6.07, 6.45) is 5.13. The summed E-state index contributed by atoms with van der Waals surface area (Å²) in [5, 5.41) is -0.165. The van der Waals surface area contributed by atoms with E-state index in [9.17, 15) is 4.79 Å². The molecular weight excluding hydrogens is 334 g/mol. The van der Waals surface area contributed by atoms with Gasteiger partial charge in [-0.25, -0.2) is 0 Å². The van der Waals surface area contributed by atoms with Gasteiger partial charge in [-0.3, -0.25) is 9.69 Å². The molecule has 25 heavy (non-hydrogen) atoms. The Morgan fingerprint density at radius 3 is 2.72 bits per heavy atom. The molecule has 0 N–H and O–H groups in total. The number of benzene rings is 2. The van der Waals surface area contributed by atoms with Crippen molar-refractivity contribution in [2.45, 2.75) is 25.1 Å². The zero-order valence-electron chi connectivity index (χ0n) is 14.1. The average molecular weight is 355 g/mol. The van der Waals surface area contributed by atoms with Gasteiger partial charge in [-0.05, 0) is 42.3 Å². The van der Waals surface area contributed by atoms with Gasteiger partial charge in [0.15, 0.2) is 11.5 Å². The zero-order chi connectivity index (χ0) is 17.6. The molecular formula is C20H21NO3S. The molecule has 0 aliphatic carbocycles. The van der Waals surface area contributed by atoms with Gasteiger partial charge < -0.3 is 9.47 Å². The highest BCUT2D eigenvalue weighted by Crippen LogP contribution is 2.33. The Morgan fingerprint density at radius 1 is 1.20 bits per heavy atom. The predicted molar refractivity (Wildman–Crippen MR) is 103 cm³/mol. The van der Waals surface area contributed by atoms with E-state index >= 15 is 0 Å². The van der Waals surface area contributed by atoms with Crippen LogP contribution in [0.25, 0.3) is 6.08 Å². The first-order valence-electron chi connectivity index (χ1n) is 8.33. The Kier molecular flexibility index (Phi) is 5.66. The van der Waals surface area contributed by atoms with Crippen molar-refractivity contribution in [2.24, 2.45) is 0 Å². The number of thiol groups is 1. The summed E-state index contributed by atoms with van der Waals surface area (Å²) in [4.78, 5) is 14.5. The Balaban J connectivity index is 1.80. The second-order valence-electron chi connectivity index (χ2n) is 5.76. The highest BCUT2D eigenvalue weighted by Gasteiger charge is 2.20. The SMILES string of the molecule is CCCC(S)N(C(=O)/C=C/c1ccc2c(c1)OCO2)c1ccccc1. The van der Waals surface area contributed by atoms with Crippen LogP contribution in [-0.2, 0) is 4.79 Å². The summed E-state index contributed by atoms with van der Waals surface area (Å²) in [6, 6.07) is 15.2. The molecule has 0 radical (unpaired) electrons. The molecule has 0 spiro atoms. The Hall–Kier alpha value is -2.40. The number of hydrogen-bond acceptors (Lipinski definition) is 4. The molecule has 130 valence electrons. The van der Waals surface area contributed by atoms with Crippen molar-refractivity contribution in [3.63, 3.8) is 0 Å². The van der Waals surface area contributed by atoms with Gasteiger partial charge in [0.05, 0.1) is 5.37 Å². The van der Waals surface area contributed by atoms with E-state index in [1.54, 1.807) is 17.1 Å². The predicted octanol–water partition coefficient (Wildman–Crippen LogP) is 4.52. The van der Waals surface area contributed by atoms with Crippen molar-refractivity contribution in [1.29, 1.82) is 0 Å². The van der Waals surface area contributed by atoms with Crippen LogP contribution in [0.1, 0.15) is 25.3 Å². The molecule has 1 aliphatic heterocycles. The molecule has 0 aromatic heterocycles. The second kappa shape index (κ2) is 8.12. The summed E-state index contributed by atoms with van der Waals surface area (Å²) >= 11 is 4.62. The number of amides is 1. The van der Waals surface area contributed by atoms with E-state index in [0.29, 0.717) is 5.75 Å². The molecule has 1 unspecified atom stereocenters. The lowest BCUT2D eigenvalue weighted by Gasteiger charge is -2.27. The third-order valence-electron chi connectivity index (χ3n) is 3.93. The molecule has 5 heteroatoms. The van der Waals surface area contributed by atoms with Crippen LogP contribution >= 0.6 is 12.6 Å². The maximum Gasteiger partial charge on any atom is 0.251 e. The summed E-state index contributed by atoms with van der Waals surface area (Å²) < 4.78 is 10.7. The number of anilines is 1. The van der Waals surface area contributed by atoms with E-state index in [0.717, 1.165) is 29.8 Å². The van der Waals surface area contributed by atoms with E-state index < -0.39 is 0 Å². The number of carbonyl (C=O) groups is 1. The number of ether oxygens (including phenoxy) is 2. The van der Waals surface area contributed by atoms with Gasteiger partial charge in [0, 0.05) is 11.8 Å². The van der Waals surface area contributed by atoms with Gasteiger partial charge in [0.1, 0.15) is 0 Å². The summed E-state index contributed by atoms with van der Waals surface area (Å²) in [5.41, 5.74) is 1.73. The number of fused-ring (bicyclic) bond motifs is 1. The quantitative estimate of drug-likeness (QED) is 0.470. The average Bonchev–Trinajstić information content (AvgIpc) is 3.09. The zero-order valence-corrected chi connectivity index (χ0v) is 15.0. The van der Waals surface area contributed by atoms with Gasteiger partial charge >= 0.3 is 0 Å². The van der Waals surface area contributed by atoms with Crippen LogP contribution in [0.3, 0.4) is 0 Å². The second-order valence-corrected chi connectivity index (χ2v) is 6.36. The summed E-state index contributed by atoms with van der Waals surface area (Å²) in [5.74, 6) is 1.33. The van der Waals surface area contributed by atoms with E-state index in [-0.39, 0.29) is 18.1 Å². The van der Waals surface area contributed by atoms with Gasteiger partial charge in [-0.1, -0.05) is 37.6 Å². The van der Waals surface area contributed by atoms with E-state index in [1.807, 2.05) is 48.5 Å². The third kappa shape index (κ3) is 4.17. The van der Waals surface area contributed by atoms with Gasteiger partial charge in [-0.2, -0.15) is 12.6 Å². The molecule has 3 rings (SSSR count). The Labute approximate surface area is 153 Å². The lowest BCUT2D eigenvalue weighted by atomic mass is 10.1. The van der Waals surface area contributed by atoms with Crippen molar-refractivity contribution >= 4 is 30.3 Å². The normalized spacial score (nSPS) is 13.8. The number of hydrogen-bond donors (Lipinski definition) is 1. The molecule has 1 atom stereocenters. The molecule has 1 amide bonds. The number of rotatable bonds is 6. The molecule has 2 aromatic carbocycles. The number of carbonyl (C=O) groups excluding carboxylic acids is 1. The van der Waals surface area contributed by atoms with Crippen LogP contribution in [-0.4, -0.2) is 18.1 Å². The molecule has 2 aromatic rings. The highest BCUT2D eigenvalue weighted by atomic mass is 32.1. The van der Waals surface area contributed by atoms with Crippen molar-refractivity contribution in [3.05, 3.63) is 60.2 Å². The first kappa shape index (κ1) is 17.4. The number of nitrogens with zero attached hydrogens (tertiary/aromatic N) is 1. The third-order valence-corrected chi connectivity index (χ3v) is 4.42. The van der Waals surface area contributed by atoms with Crippen molar-refractivity contribution in [1.82, 2.24) is 0 Å². The highest BCUT2D eigenvalue weighted by molar-refractivity contribution is 7.81. The Bertz CT molecular complexity index is 761. The minimum Gasteiger partial charge on any atom is -0.454 e. The van der Waals surface area contributed by atoms with Gasteiger partial charge in [-0.15, -0.1) is 0 Å². The minimum absolute atomic E-state index is 0.0997. The van der Waals surface area contributed by atoms with E-state index in [4.69, 9.17) is 9.47 Å². The first-order valence-corrected chi connectivity index (χ1v) is 8.84. The van der Waals surface area contributed by atoms with Gasteiger partial charge in [0.25, 0.3) is 5.91 Å². The topological polar surface area (TPSA) is 38.8 Å². The molecule has 0 bridgehead atoms. The fraction of sp³-hybridized carbons (Fsp3) is 0.250.